The summed E-state index contributed by atoms with van der Waals surface area (Å²) in [7, 11) is 0. The molecule has 0 aliphatic carbocycles. The minimum absolute atomic E-state index is 0.00782. The van der Waals surface area contributed by atoms with Gasteiger partial charge in [0.2, 0.25) is 0 Å². The zero-order valence-corrected chi connectivity index (χ0v) is 21.9. The van der Waals surface area contributed by atoms with Gasteiger partial charge in [-0.1, -0.05) is 121 Å². The Balaban J connectivity index is 1.45. The van der Waals surface area contributed by atoms with Crippen LogP contribution in [-0.2, 0) is 0 Å². The number of benzene rings is 8. The van der Waals surface area contributed by atoms with E-state index in [1.54, 1.807) is 12.1 Å². The zero-order valence-electron chi connectivity index (χ0n) is 29.9. The van der Waals surface area contributed by atoms with E-state index in [-0.39, 0.29) is 91.8 Å². The minimum Gasteiger partial charge on any atom is -0.455 e. The summed E-state index contributed by atoms with van der Waals surface area (Å²) in [5.74, 6) is 0. The van der Waals surface area contributed by atoms with Crippen molar-refractivity contribution in [2.24, 2.45) is 0 Å². The Labute approximate surface area is 251 Å². The van der Waals surface area contributed by atoms with Gasteiger partial charge in [-0.2, -0.15) is 0 Å². The molecule has 0 bridgehead atoms. The van der Waals surface area contributed by atoms with E-state index in [9.17, 15) is 8.22 Å². The quantitative estimate of drug-likeness (QED) is 0.203. The first-order valence-electron chi connectivity index (χ1n) is 17.7. The third-order valence-corrected chi connectivity index (χ3v) is 8.35. The second-order valence-corrected chi connectivity index (χ2v) is 10.6. The lowest BCUT2D eigenvalue weighted by molar-refractivity contribution is 0.669. The highest BCUT2D eigenvalue weighted by atomic mass is 16.3. The highest BCUT2D eigenvalue weighted by molar-refractivity contribution is 6.29. The Morgan fingerprint density at radius 1 is 0.357 bits per heavy atom. The Morgan fingerprint density at radius 2 is 0.786 bits per heavy atom. The Hall–Kier alpha value is -5.60. The smallest absolute Gasteiger partial charge is 0.143 e. The summed E-state index contributed by atoms with van der Waals surface area (Å²) in [6.07, 6.45) is 0. The summed E-state index contributed by atoms with van der Waals surface area (Å²) in [5.41, 5.74) is 3.51. The molecule has 0 aliphatic rings. The fourth-order valence-corrected chi connectivity index (χ4v) is 6.48. The van der Waals surface area contributed by atoms with Gasteiger partial charge in [0.15, 0.2) is 0 Å². The lowest BCUT2D eigenvalue weighted by Crippen LogP contribution is -1.90. The third kappa shape index (κ3) is 2.83. The van der Waals surface area contributed by atoms with Gasteiger partial charge in [-0.15, -0.1) is 0 Å². The Bertz CT molecular complexity index is 2930. The molecular weight excluding hydrogens is 512 g/mol. The van der Waals surface area contributed by atoms with E-state index in [2.05, 4.69) is 0 Å². The standard InChI is InChI=1S/C40H22O2/c1-3-13-35-27(7-1)33-11-5-9-31(39(33)41-35)25-19-17-23-15-16-24-18-20-26(30-22-21-29(25)37(23)38(24)30)32-10-6-12-34-28-8-2-4-14-36(28)42-40(32)34/h1-22H/i15D,16D,17D,18D,19D,20D,21D,22D. The van der Waals surface area contributed by atoms with Crippen LogP contribution in [0.2, 0.25) is 0 Å². The maximum Gasteiger partial charge on any atom is 0.143 e. The van der Waals surface area contributed by atoms with Crippen LogP contribution in [0.3, 0.4) is 0 Å². The monoisotopic (exact) mass is 542 g/mol. The number of rotatable bonds is 2. The summed E-state index contributed by atoms with van der Waals surface area (Å²) < 4.78 is 87.0. The average molecular weight is 543 g/mol. The number of para-hydroxylation sites is 4. The van der Waals surface area contributed by atoms with E-state index >= 15 is 0 Å². The third-order valence-electron chi connectivity index (χ3n) is 8.35. The molecule has 0 unspecified atom stereocenters. The van der Waals surface area contributed by atoms with Gasteiger partial charge in [0.05, 0.1) is 11.0 Å². The van der Waals surface area contributed by atoms with Crippen molar-refractivity contribution in [3.8, 4) is 22.3 Å². The van der Waals surface area contributed by atoms with Crippen molar-refractivity contribution < 1.29 is 19.8 Å². The maximum absolute atomic E-state index is 9.57. The molecule has 42 heavy (non-hydrogen) atoms. The number of furan rings is 2. The van der Waals surface area contributed by atoms with Crippen LogP contribution in [0.25, 0.3) is 98.4 Å². The van der Waals surface area contributed by atoms with E-state index in [0.717, 1.165) is 21.5 Å². The lowest BCUT2D eigenvalue weighted by Gasteiger charge is -2.17. The van der Waals surface area contributed by atoms with Gasteiger partial charge in [0, 0.05) is 32.7 Å². The molecular formula is C40H22O2. The second kappa shape index (κ2) is 7.99. The van der Waals surface area contributed by atoms with Crippen molar-refractivity contribution in [3.63, 3.8) is 0 Å². The minimum atomic E-state index is -0.368. The van der Waals surface area contributed by atoms with Crippen LogP contribution in [0.1, 0.15) is 11.0 Å². The van der Waals surface area contributed by atoms with Crippen LogP contribution in [-0.4, -0.2) is 0 Å². The fourth-order valence-electron chi connectivity index (χ4n) is 6.48. The van der Waals surface area contributed by atoms with Crippen molar-refractivity contribution in [1.82, 2.24) is 0 Å². The number of fused-ring (bicyclic) bond motifs is 6. The number of hydrogen-bond acceptors (Lipinski definition) is 2. The topological polar surface area (TPSA) is 26.3 Å². The highest BCUT2D eigenvalue weighted by Gasteiger charge is 2.19. The van der Waals surface area contributed by atoms with E-state index in [4.69, 9.17) is 11.6 Å². The molecule has 0 saturated heterocycles. The molecule has 0 aliphatic heterocycles. The molecule has 2 heteroatoms. The van der Waals surface area contributed by atoms with Crippen LogP contribution >= 0.6 is 0 Å². The van der Waals surface area contributed by atoms with Crippen LogP contribution in [0.15, 0.2) is 142 Å². The predicted molar refractivity (Wildman–Crippen MR) is 176 cm³/mol. The summed E-state index contributed by atoms with van der Waals surface area (Å²) in [5, 5.41) is 4.10. The van der Waals surface area contributed by atoms with Crippen LogP contribution in [0.5, 0.6) is 0 Å². The molecule has 0 fully saturated rings. The van der Waals surface area contributed by atoms with Gasteiger partial charge in [-0.25, -0.2) is 0 Å². The van der Waals surface area contributed by atoms with Crippen molar-refractivity contribution in [1.29, 1.82) is 0 Å². The van der Waals surface area contributed by atoms with Gasteiger partial charge < -0.3 is 8.83 Å². The lowest BCUT2D eigenvalue weighted by atomic mass is 9.86. The molecule has 0 amide bonds. The van der Waals surface area contributed by atoms with Crippen molar-refractivity contribution in [3.05, 3.63) is 133 Å². The molecule has 0 radical (unpaired) electrons. The van der Waals surface area contributed by atoms with Crippen molar-refractivity contribution >= 4 is 76.2 Å². The van der Waals surface area contributed by atoms with Gasteiger partial charge >= 0.3 is 0 Å². The fraction of sp³-hybridized carbons (Fsp3) is 0. The molecule has 2 aromatic heterocycles. The van der Waals surface area contributed by atoms with Gasteiger partial charge in [-0.05, 0) is 55.6 Å². The van der Waals surface area contributed by atoms with Crippen LogP contribution < -0.4 is 0 Å². The zero-order chi connectivity index (χ0) is 34.3. The molecule has 0 saturated carbocycles. The first kappa shape index (κ1) is 16.0. The van der Waals surface area contributed by atoms with E-state index in [1.165, 1.54) is 0 Å². The molecule has 10 rings (SSSR count). The van der Waals surface area contributed by atoms with Crippen LogP contribution in [0, 0.1) is 0 Å². The predicted octanol–water partition coefficient (Wildman–Crippen LogP) is 11.7. The summed E-state index contributed by atoms with van der Waals surface area (Å²) in [6.45, 7) is 0. The number of hydrogen-bond donors (Lipinski definition) is 0. The van der Waals surface area contributed by atoms with E-state index in [0.29, 0.717) is 33.5 Å². The normalized spacial score (nSPS) is 15.0. The molecule has 8 aromatic carbocycles. The molecule has 2 heterocycles. The molecule has 2 nitrogen and oxygen atoms in total. The van der Waals surface area contributed by atoms with Crippen LogP contribution in [0.4, 0.5) is 0 Å². The largest absolute Gasteiger partial charge is 0.455 e. The second-order valence-electron chi connectivity index (χ2n) is 10.6. The first-order valence-corrected chi connectivity index (χ1v) is 13.7. The maximum atomic E-state index is 9.57. The summed E-state index contributed by atoms with van der Waals surface area (Å²) >= 11 is 0. The molecule has 194 valence electrons. The summed E-state index contributed by atoms with van der Waals surface area (Å²) in [6, 6.07) is 23.7. The van der Waals surface area contributed by atoms with E-state index in [1.807, 2.05) is 72.8 Å². The summed E-state index contributed by atoms with van der Waals surface area (Å²) in [4.78, 5) is 0. The molecule has 0 N–H and O–H groups in total. The van der Waals surface area contributed by atoms with Gasteiger partial charge in [0.1, 0.15) is 22.3 Å². The Morgan fingerprint density at radius 3 is 1.29 bits per heavy atom. The average Bonchev–Trinajstić information content (AvgIpc) is 3.70. The highest BCUT2D eigenvalue weighted by Crippen LogP contribution is 2.46. The van der Waals surface area contributed by atoms with Gasteiger partial charge in [-0.3, -0.25) is 0 Å². The van der Waals surface area contributed by atoms with E-state index < -0.39 is 0 Å². The Kier molecular flexibility index (Phi) is 3.04. The first-order chi connectivity index (χ1) is 24.2. The molecule has 0 spiro atoms. The van der Waals surface area contributed by atoms with Crippen molar-refractivity contribution in [2.75, 3.05) is 0 Å². The SMILES string of the molecule is [2H]c1c([2H])c2c([2H])c([2H])c3c([2H])c([2H])c(-c4cccc5c4oc4ccccc45)c4c([2H])c([2H])c(c1-c1cccc5c1oc1ccccc15)c2c34. The van der Waals surface area contributed by atoms with Crippen molar-refractivity contribution in [2.45, 2.75) is 0 Å². The molecule has 0 atom stereocenters. The van der Waals surface area contributed by atoms with Gasteiger partial charge in [0.25, 0.3) is 0 Å². The molecule has 10 aromatic rings.